The molecule has 0 radical (unpaired) electrons. The monoisotopic (exact) mass is 340 g/mol. The topological polar surface area (TPSA) is 89.0 Å². The number of halogens is 3. The molecular formula is C11H15F3N4O3S. The number of carbonyl (C=O) groups excluding carboxylic acids is 1. The molecular weight excluding hydrogens is 325 g/mol. The highest BCUT2D eigenvalue weighted by molar-refractivity contribution is 7.99. The van der Waals surface area contributed by atoms with Gasteiger partial charge in [-0.15, -0.1) is 5.10 Å². The summed E-state index contributed by atoms with van der Waals surface area (Å²) in [4.78, 5) is 23.0. The maximum Gasteiger partial charge on any atom is 0.405 e. The van der Waals surface area contributed by atoms with Crippen LogP contribution in [0.25, 0.3) is 0 Å². The number of nitrogens with one attached hydrogen (secondary N) is 2. The van der Waals surface area contributed by atoms with Crippen molar-refractivity contribution in [1.82, 2.24) is 20.1 Å². The number of nitrogens with zero attached hydrogens (tertiary/aromatic N) is 2. The highest BCUT2D eigenvalue weighted by Crippen LogP contribution is 2.18. The van der Waals surface area contributed by atoms with Gasteiger partial charge in [-0.25, -0.2) is 9.89 Å². The third-order valence-corrected chi connectivity index (χ3v) is 3.93. The molecule has 1 aromatic heterocycles. The van der Waals surface area contributed by atoms with E-state index in [0.29, 0.717) is 13.2 Å². The molecule has 124 valence electrons. The van der Waals surface area contributed by atoms with Crippen molar-refractivity contribution in [2.45, 2.75) is 36.8 Å². The van der Waals surface area contributed by atoms with Gasteiger partial charge in [-0.1, -0.05) is 11.8 Å². The third-order valence-electron chi connectivity index (χ3n) is 2.95. The van der Waals surface area contributed by atoms with Gasteiger partial charge in [0.1, 0.15) is 6.54 Å². The Morgan fingerprint density at radius 2 is 2.32 bits per heavy atom. The highest BCUT2D eigenvalue weighted by atomic mass is 32.2. The summed E-state index contributed by atoms with van der Waals surface area (Å²) in [5, 5.41) is 8.04. The van der Waals surface area contributed by atoms with Gasteiger partial charge in [0.15, 0.2) is 5.16 Å². The molecule has 2 rings (SSSR count). The molecule has 0 aromatic carbocycles. The quantitative estimate of drug-likeness (QED) is 0.737. The number of thioether (sulfide) groups is 1. The smallest absolute Gasteiger partial charge is 0.376 e. The zero-order valence-corrected chi connectivity index (χ0v) is 12.3. The summed E-state index contributed by atoms with van der Waals surface area (Å²) in [6.45, 7) is -0.433. The first-order chi connectivity index (χ1) is 10.3. The van der Waals surface area contributed by atoms with E-state index in [0.717, 1.165) is 24.6 Å². The number of hydrogen-bond donors (Lipinski definition) is 2. The highest BCUT2D eigenvalue weighted by Gasteiger charge is 2.27. The van der Waals surface area contributed by atoms with Gasteiger partial charge >= 0.3 is 11.9 Å². The molecule has 1 aliphatic rings. The van der Waals surface area contributed by atoms with E-state index in [2.05, 4.69) is 10.2 Å². The molecule has 0 aliphatic carbocycles. The van der Waals surface area contributed by atoms with E-state index >= 15 is 0 Å². The predicted octanol–water partition coefficient (Wildman–Crippen LogP) is 0.521. The fourth-order valence-electron chi connectivity index (χ4n) is 1.95. The SMILES string of the molecule is O=C(CSc1n[nH]c(=O)n1CC1CCCO1)NCC(F)(F)F. The largest absolute Gasteiger partial charge is 0.405 e. The Balaban J connectivity index is 1.87. The number of rotatable bonds is 6. The van der Waals surface area contributed by atoms with Crippen LogP contribution in [0.15, 0.2) is 9.95 Å². The van der Waals surface area contributed by atoms with Gasteiger partial charge < -0.3 is 10.1 Å². The standard InChI is InChI=1S/C11H15F3N4O3S/c12-11(13,14)6-15-8(19)5-22-10-17-16-9(20)18(10)4-7-2-1-3-21-7/h7H,1-6H2,(H,15,19)(H,16,20). The van der Waals surface area contributed by atoms with Crippen LogP contribution in [-0.4, -0.2) is 51.9 Å². The summed E-state index contributed by atoms with van der Waals surface area (Å²) < 4.78 is 42.7. The van der Waals surface area contributed by atoms with Crippen LogP contribution in [0.2, 0.25) is 0 Å². The van der Waals surface area contributed by atoms with Crippen LogP contribution in [0, 0.1) is 0 Å². The van der Waals surface area contributed by atoms with Gasteiger partial charge in [0.05, 0.1) is 18.4 Å². The molecule has 1 fully saturated rings. The van der Waals surface area contributed by atoms with Crippen molar-refractivity contribution in [3.63, 3.8) is 0 Å². The molecule has 2 N–H and O–H groups in total. The van der Waals surface area contributed by atoms with E-state index in [9.17, 15) is 22.8 Å². The van der Waals surface area contributed by atoms with Crippen LogP contribution in [0.5, 0.6) is 0 Å². The minimum atomic E-state index is -4.45. The zero-order chi connectivity index (χ0) is 16.2. The number of carbonyl (C=O) groups is 1. The average Bonchev–Trinajstić information content (AvgIpc) is 3.06. The van der Waals surface area contributed by atoms with E-state index in [4.69, 9.17) is 4.74 Å². The summed E-state index contributed by atoms with van der Waals surface area (Å²) in [6, 6.07) is 0. The molecule has 0 saturated carbocycles. The van der Waals surface area contributed by atoms with Gasteiger partial charge in [-0.05, 0) is 12.8 Å². The summed E-state index contributed by atoms with van der Waals surface area (Å²) in [5.41, 5.74) is -0.436. The number of hydrogen-bond acceptors (Lipinski definition) is 5. The summed E-state index contributed by atoms with van der Waals surface area (Å²) in [5.74, 6) is -1.03. The second-order valence-corrected chi connectivity index (χ2v) is 5.68. The van der Waals surface area contributed by atoms with Crippen LogP contribution >= 0.6 is 11.8 Å². The lowest BCUT2D eigenvalue weighted by Crippen LogP contribution is -2.34. The Hall–Kier alpha value is -1.49. The molecule has 0 spiro atoms. The predicted molar refractivity (Wildman–Crippen MR) is 71.6 cm³/mol. The molecule has 11 heteroatoms. The first kappa shape index (κ1) is 16.9. The fraction of sp³-hybridized carbons (Fsp3) is 0.727. The molecule has 1 aliphatic heterocycles. The number of alkyl halides is 3. The van der Waals surface area contributed by atoms with Crippen LogP contribution in [0.3, 0.4) is 0 Å². The van der Waals surface area contributed by atoms with E-state index < -0.39 is 24.3 Å². The molecule has 7 nitrogen and oxygen atoms in total. The minimum absolute atomic E-state index is 0.0892. The Morgan fingerprint density at radius 1 is 1.55 bits per heavy atom. The summed E-state index contributed by atoms with van der Waals surface area (Å²) in [7, 11) is 0. The second kappa shape index (κ2) is 7.18. The number of amides is 1. The first-order valence-electron chi connectivity index (χ1n) is 6.58. The Labute approximate surface area is 127 Å². The lowest BCUT2D eigenvalue weighted by atomic mass is 10.2. The lowest BCUT2D eigenvalue weighted by Gasteiger charge is -2.11. The van der Waals surface area contributed by atoms with Crippen LogP contribution in [0.4, 0.5) is 13.2 Å². The van der Waals surface area contributed by atoms with E-state index in [1.165, 1.54) is 4.57 Å². The minimum Gasteiger partial charge on any atom is -0.376 e. The van der Waals surface area contributed by atoms with Crippen molar-refractivity contribution in [1.29, 1.82) is 0 Å². The van der Waals surface area contributed by atoms with Gasteiger partial charge in [0.2, 0.25) is 5.91 Å². The van der Waals surface area contributed by atoms with E-state index in [1.807, 2.05) is 0 Å². The van der Waals surface area contributed by atoms with Crippen molar-refractivity contribution in [2.75, 3.05) is 18.9 Å². The second-order valence-electron chi connectivity index (χ2n) is 4.74. The first-order valence-corrected chi connectivity index (χ1v) is 7.57. The third kappa shape index (κ3) is 5.05. The normalized spacial score (nSPS) is 18.6. The molecule has 22 heavy (non-hydrogen) atoms. The summed E-state index contributed by atoms with van der Waals surface area (Å²) >= 11 is 0.896. The van der Waals surface area contributed by atoms with Crippen LogP contribution in [0.1, 0.15) is 12.8 Å². The van der Waals surface area contributed by atoms with Gasteiger partial charge in [0.25, 0.3) is 0 Å². The van der Waals surface area contributed by atoms with E-state index in [1.54, 1.807) is 5.32 Å². The average molecular weight is 340 g/mol. The van der Waals surface area contributed by atoms with Crippen molar-refractivity contribution < 1.29 is 22.7 Å². The molecule has 1 saturated heterocycles. The molecule has 1 amide bonds. The molecule has 1 aromatic rings. The maximum absolute atomic E-state index is 12.0. The van der Waals surface area contributed by atoms with Crippen LogP contribution in [-0.2, 0) is 16.1 Å². The number of aromatic nitrogens is 3. The van der Waals surface area contributed by atoms with Crippen molar-refractivity contribution in [3.8, 4) is 0 Å². The van der Waals surface area contributed by atoms with Crippen LogP contribution < -0.4 is 11.0 Å². The van der Waals surface area contributed by atoms with E-state index in [-0.39, 0.29) is 17.0 Å². The molecule has 1 unspecified atom stereocenters. The van der Waals surface area contributed by atoms with Gasteiger partial charge in [-0.2, -0.15) is 13.2 Å². The summed E-state index contributed by atoms with van der Waals surface area (Å²) in [6.07, 6.45) is -2.80. The Kier molecular flexibility index (Phi) is 5.51. The number of H-pyrrole nitrogens is 1. The number of ether oxygens (including phenoxy) is 1. The molecule has 0 bridgehead atoms. The van der Waals surface area contributed by atoms with Crippen molar-refractivity contribution >= 4 is 17.7 Å². The molecule has 1 atom stereocenters. The fourth-order valence-corrected chi connectivity index (χ4v) is 2.73. The van der Waals surface area contributed by atoms with Gasteiger partial charge in [-0.3, -0.25) is 9.36 Å². The van der Waals surface area contributed by atoms with Crippen molar-refractivity contribution in [3.05, 3.63) is 10.5 Å². The number of aromatic amines is 1. The maximum atomic E-state index is 12.0. The van der Waals surface area contributed by atoms with Gasteiger partial charge in [0, 0.05) is 6.61 Å². The molecule has 2 heterocycles. The Morgan fingerprint density at radius 3 is 2.95 bits per heavy atom. The lowest BCUT2D eigenvalue weighted by molar-refractivity contribution is -0.136. The van der Waals surface area contributed by atoms with Crippen molar-refractivity contribution in [2.24, 2.45) is 0 Å². The Bertz CT molecular complexity index is 566. The zero-order valence-electron chi connectivity index (χ0n) is 11.5.